The molecule has 156 valence electrons. The van der Waals surface area contributed by atoms with E-state index >= 15 is 0 Å². The molecule has 2 rings (SSSR count). The molecule has 0 fully saturated rings. The molecule has 0 amide bonds. The Morgan fingerprint density at radius 3 is 2.11 bits per heavy atom. The number of hydrogen-bond donors (Lipinski definition) is 1. The molecule has 0 radical (unpaired) electrons. The second-order valence-corrected chi connectivity index (χ2v) is 11.7. The van der Waals surface area contributed by atoms with Crippen molar-refractivity contribution in [3.8, 4) is 5.75 Å². The average Bonchev–Trinajstić information content (AvgIpc) is 2.65. The molecular weight excluding hydrogens is 375 g/mol. The molecule has 1 aliphatic carbocycles. The Balaban J connectivity index is 2.51. The van der Waals surface area contributed by atoms with Gasteiger partial charge < -0.3 is 14.2 Å². The van der Waals surface area contributed by atoms with E-state index in [4.69, 9.17) is 9.05 Å². The van der Waals surface area contributed by atoms with Crippen molar-refractivity contribution < 1.29 is 23.5 Å². The zero-order chi connectivity index (χ0) is 21.3. The SMILES string of the molecule is COP(=O)(OC)C(C)(C)C(=O)C=Cc1cc(C(C)(C)C)c(O)c2c1CCCC2. The fourth-order valence-electron chi connectivity index (χ4n) is 3.71. The number of ketones is 1. The molecule has 1 aromatic rings. The number of rotatable bonds is 6. The van der Waals surface area contributed by atoms with Gasteiger partial charge in [0, 0.05) is 19.8 Å². The molecular formula is C22H33O5P. The number of carbonyl (C=O) groups excluding carboxylic acids is 1. The van der Waals surface area contributed by atoms with Crippen molar-refractivity contribution in [2.45, 2.75) is 70.9 Å². The highest BCUT2D eigenvalue weighted by Gasteiger charge is 2.47. The van der Waals surface area contributed by atoms with Gasteiger partial charge in [-0.1, -0.05) is 26.8 Å². The summed E-state index contributed by atoms with van der Waals surface area (Å²) in [5, 5.41) is 9.52. The summed E-state index contributed by atoms with van der Waals surface area (Å²) in [7, 11) is -0.996. The molecule has 5 nitrogen and oxygen atoms in total. The quantitative estimate of drug-likeness (QED) is 0.503. The molecule has 1 aliphatic rings. The van der Waals surface area contributed by atoms with Crippen LogP contribution in [0.5, 0.6) is 5.75 Å². The number of benzene rings is 1. The summed E-state index contributed by atoms with van der Waals surface area (Å²) in [5.74, 6) is 0.0590. The Kier molecular flexibility index (Phi) is 6.65. The van der Waals surface area contributed by atoms with Crippen LogP contribution in [-0.4, -0.2) is 30.3 Å². The molecule has 28 heavy (non-hydrogen) atoms. The van der Waals surface area contributed by atoms with Crippen LogP contribution in [0.25, 0.3) is 6.08 Å². The highest BCUT2D eigenvalue weighted by Crippen LogP contribution is 2.59. The van der Waals surface area contributed by atoms with Crippen LogP contribution in [0.2, 0.25) is 0 Å². The molecule has 0 saturated carbocycles. The maximum Gasteiger partial charge on any atom is 0.343 e. The molecule has 6 heteroatoms. The van der Waals surface area contributed by atoms with Gasteiger partial charge in [0.2, 0.25) is 0 Å². The van der Waals surface area contributed by atoms with E-state index in [-0.39, 0.29) is 11.2 Å². The lowest BCUT2D eigenvalue weighted by molar-refractivity contribution is -0.116. The van der Waals surface area contributed by atoms with Gasteiger partial charge >= 0.3 is 7.60 Å². The summed E-state index contributed by atoms with van der Waals surface area (Å²) in [6, 6.07) is 1.97. The first-order valence-corrected chi connectivity index (χ1v) is 11.3. The lowest BCUT2D eigenvalue weighted by Crippen LogP contribution is -2.31. The Morgan fingerprint density at radius 1 is 1.07 bits per heavy atom. The van der Waals surface area contributed by atoms with Crippen molar-refractivity contribution in [3.05, 3.63) is 34.4 Å². The van der Waals surface area contributed by atoms with Crippen LogP contribution < -0.4 is 0 Å². The van der Waals surface area contributed by atoms with Gasteiger partial charge in [-0.25, -0.2) is 0 Å². The zero-order valence-corrected chi connectivity index (χ0v) is 19.0. The van der Waals surface area contributed by atoms with E-state index in [2.05, 4.69) is 20.8 Å². The van der Waals surface area contributed by atoms with Gasteiger partial charge in [0.05, 0.1) is 0 Å². The van der Waals surface area contributed by atoms with Crippen molar-refractivity contribution in [1.82, 2.24) is 0 Å². The summed E-state index contributed by atoms with van der Waals surface area (Å²) in [6.45, 7) is 9.33. The summed E-state index contributed by atoms with van der Waals surface area (Å²) >= 11 is 0. The van der Waals surface area contributed by atoms with Gasteiger partial charge in [-0.05, 0) is 73.8 Å². The van der Waals surface area contributed by atoms with Gasteiger partial charge in [-0.2, -0.15) is 0 Å². The Bertz CT molecular complexity index is 822. The lowest BCUT2D eigenvalue weighted by atomic mass is 9.78. The lowest BCUT2D eigenvalue weighted by Gasteiger charge is -2.29. The first-order valence-electron chi connectivity index (χ1n) is 9.71. The fourth-order valence-corrected chi connectivity index (χ4v) is 5.12. The van der Waals surface area contributed by atoms with Gasteiger partial charge in [-0.15, -0.1) is 0 Å². The van der Waals surface area contributed by atoms with Crippen molar-refractivity contribution in [3.63, 3.8) is 0 Å². The molecule has 1 N–H and O–H groups in total. The number of allylic oxidation sites excluding steroid dienone is 1. The van der Waals surface area contributed by atoms with Gasteiger partial charge in [0.15, 0.2) is 5.78 Å². The Morgan fingerprint density at radius 2 is 1.61 bits per heavy atom. The predicted molar refractivity (Wildman–Crippen MR) is 113 cm³/mol. The van der Waals surface area contributed by atoms with Gasteiger partial charge in [-0.3, -0.25) is 9.36 Å². The van der Waals surface area contributed by atoms with E-state index in [1.54, 1.807) is 19.9 Å². The molecule has 1 aromatic carbocycles. The number of phenols is 1. The largest absolute Gasteiger partial charge is 0.507 e. The number of aromatic hydroxyl groups is 1. The summed E-state index contributed by atoms with van der Waals surface area (Å²) in [5.41, 5.74) is 3.68. The smallest absolute Gasteiger partial charge is 0.343 e. The van der Waals surface area contributed by atoms with Crippen LogP contribution in [-0.2, 0) is 36.7 Å². The standard InChI is InChI=1S/C22H33O5P/c1-21(2,3)18-14-15(16-10-8-9-11-17(16)20(18)24)12-13-19(23)22(4,5)28(25,26-6)27-7/h12-14,24H,8-11H2,1-7H3. The molecule has 0 bridgehead atoms. The van der Waals surface area contributed by atoms with E-state index in [9.17, 15) is 14.5 Å². The highest BCUT2D eigenvalue weighted by atomic mass is 31.2. The van der Waals surface area contributed by atoms with Crippen molar-refractivity contribution in [1.29, 1.82) is 0 Å². The van der Waals surface area contributed by atoms with Crippen LogP contribution in [0.3, 0.4) is 0 Å². The molecule has 0 aromatic heterocycles. The first kappa shape index (κ1) is 22.9. The van der Waals surface area contributed by atoms with E-state index in [0.717, 1.165) is 47.9 Å². The maximum atomic E-state index is 12.9. The molecule has 0 aliphatic heterocycles. The summed E-state index contributed by atoms with van der Waals surface area (Å²) in [6.07, 6.45) is 7.06. The number of phenolic OH excluding ortho intramolecular Hbond substituents is 1. The molecule has 0 atom stereocenters. The Hall–Kier alpha value is -1.42. The summed E-state index contributed by atoms with van der Waals surface area (Å²) < 4.78 is 22.8. The minimum atomic E-state index is -3.57. The maximum absolute atomic E-state index is 12.9. The van der Waals surface area contributed by atoms with Crippen LogP contribution in [0.15, 0.2) is 12.1 Å². The van der Waals surface area contributed by atoms with Crippen LogP contribution in [0.4, 0.5) is 0 Å². The van der Waals surface area contributed by atoms with E-state index < -0.39 is 12.8 Å². The second-order valence-electron chi connectivity index (χ2n) is 8.90. The first-order chi connectivity index (χ1) is 12.9. The van der Waals surface area contributed by atoms with Gasteiger partial charge in [0.25, 0.3) is 0 Å². The van der Waals surface area contributed by atoms with E-state index in [1.807, 2.05) is 6.07 Å². The number of carbonyl (C=O) groups is 1. The van der Waals surface area contributed by atoms with Crippen molar-refractivity contribution in [2.24, 2.45) is 0 Å². The van der Waals surface area contributed by atoms with Crippen LogP contribution >= 0.6 is 7.60 Å². The van der Waals surface area contributed by atoms with Crippen molar-refractivity contribution >= 4 is 19.5 Å². The Labute approximate surface area is 168 Å². The molecule has 0 unspecified atom stereocenters. The zero-order valence-electron chi connectivity index (χ0n) is 18.1. The van der Waals surface area contributed by atoms with Gasteiger partial charge in [0.1, 0.15) is 10.9 Å². The fraction of sp³-hybridized carbons (Fsp3) is 0.591. The van der Waals surface area contributed by atoms with Crippen LogP contribution in [0.1, 0.15) is 69.7 Å². The molecule has 0 heterocycles. The summed E-state index contributed by atoms with van der Waals surface area (Å²) in [4.78, 5) is 12.9. The van der Waals surface area contributed by atoms with Crippen LogP contribution in [0, 0.1) is 0 Å². The third-order valence-corrected chi connectivity index (χ3v) is 8.20. The minimum Gasteiger partial charge on any atom is -0.507 e. The van der Waals surface area contributed by atoms with E-state index in [1.165, 1.54) is 20.3 Å². The highest BCUT2D eigenvalue weighted by molar-refractivity contribution is 7.56. The third-order valence-electron chi connectivity index (χ3n) is 5.65. The monoisotopic (exact) mass is 408 g/mol. The molecule has 0 saturated heterocycles. The average molecular weight is 408 g/mol. The van der Waals surface area contributed by atoms with E-state index in [0.29, 0.717) is 5.75 Å². The topological polar surface area (TPSA) is 72.8 Å². The number of fused-ring (bicyclic) bond motifs is 1. The third kappa shape index (κ3) is 4.12. The minimum absolute atomic E-state index is 0.218. The second kappa shape index (κ2) is 8.14. The predicted octanol–water partition coefficient (Wildman–Crippen LogP) is 5.42. The van der Waals surface area contributed by atoms with Crippen molar-refractivity contribution in [2.75, 3.05) is 14.2 Å². The number of hydrogen-bond acceptors (Lipinski definition) is 5. The normalized spacial score (nSPS) is 15.7. The molecule has 0 spiro atoms.